The van der Waals surface area contributed by atoms with Crippen LogP contribution < -0.4 is 9.47 Å². The van der Waals surface area contributed by atoms with Gasteiger partial charge in [0.2, 0.25) is 0 Å². The summed E-state index contributed by atoms with van der Waals surface area (Å²) >= 11 is 5.94. The minimum atomic E-state index is -0.552. The SMILES string of the molecule is COc1cc2c(cc1OC)[C@@H](C[C@H](O)c1ccc(Cl)cc1)N(C)CC2. The molecule has 0 fully saturated rings. The Kier molecular flexibility index (Phi) is 5.52. The average Bonchev–Trinajstić information content (AvgIpc) is 2.63. The molecule has 2 atom stereocenters. The maximum Gasteiger partial charge on any atom is 0.161 e. The highest BCUT2D eigenvalue weighted by atomic mass is 35.5. The summed E-state index contributed by atoms with van der Waals surface area (Å²) < 4.78 is 10.9. The maximum absolute atomic E-state index is 10.7. The Morgan fingerprint density at radius 3 is 2.44 bits per heavy atom. The molecule has 0 unspecified atom stereocenters. The third kappa shape index (κ3) is 3.76. The fraction of sp³-hybridized carbons (Fsp3) is 0.400. The van der Waals surface area contributed by atoms with Crippen molar-refractivity contribution in [1.29, 1.82) is 0 Å². The molecule has 4 nitrogen and oxygen atoms in total. The number of likely N-dealkylation sites (N-methyl/N-ethyl adjacent to an activating group) is 1. The van der Waals surface area contributed by atoms with Crippen LogP contribution in [0, 0.1) is 0 Å². The minimum absolute atomic E-state index is 0.120. The number of ether oxygens (including phenoxy) is 2. The highest BCUT2D eigenvalue weighted by molar-refractivity contribution is 6.30. The van der Waals surface area contributed by atoms with Crippen molar-refractivity contribution in [2.24, 2.45) is 0 Å². The molecule has 25 heavy (non-hydrogen) atoms. The van der Waals surface area contributed by atoms with E-state index < -0.39 is 6.10 Å². The van der Waals surface area contributed by atoms with Gasteiger partial charge in [-0.1, -0.05) is 23.7 Å². The topological polar surface area (TPSA) is 41.9 Å². The Labute approximate surface area is 153 Å². The molecule has 0 saturated carbocycles. The number of nitrogens with zero attached hydrogens (tertiary/aromatic N) is 1. The zero-order chi connectivity index (χ0) is 18.0. The van der Waals surface area contributed by atoms with Crippen LogP contribution in [0.3, 0.4) is 0 Å². The molecule has 5 heteroatoms. The van der Waals surface area contributed by atoms with Crippen molar-refractivity contribution in [3.05, 3.63) is 58.1 Å². The number of hydrogen-bond acceptors (Lipinski definition) is 4. The van der Waals surface area contributed by atoms with Gasteiger partial charge in [-0.05, 0) is 60.8 Å². The Hall–Kier alpha value is -1.75. The molecule has 0 spiro atoms. The lowest BCUT2D eigenvalue weighted by Crippen LogP contribution is -2.33. The van der Waals surface area contributed by atoms with E-state index in [2.05, 4.69) is 18.0 Å². The first-order valence-corrected chi connectivity index (χ1v) is 8.79. The lowest BCUT2D eigenvalue weighted by Gasteiger charge is -2.36. The third-order valence-corrected chi connectivity index (χ3v) is 5.22. The van der Waals surface area contributed by atoms with Crippen LogP contribution in [0.25, 0.3) is 0 Å². The van der Waals surface area contributed by atoms with Crippen molar-refractivity contribution in [2.75, 3.05) is 27.8 Å². The number of rotatable bonds is 5. The fourth-order valence-electron chi connectivity index (χ4n) is 3.49. The molecule has 0 amide bonds. The molecule has 3 rings (SSSR count). The van der Waals surface area contributed by atoms with Crippen LogP contribution in [-0.2, 0) is 6.42 Å². The first-order chi connectivity index (χ1) is 12.0. The second kappa shape index (κ2) is 7.65. The first kappa shape index (κ1) is 18.1. The zero-order valence-corrected chi connectivity index (χ0v) is 15.6. The van der Waals surface area contributed by atoms with Crippen molar-refractivity contribution in [2.45, 2.75) is 25.0 Å². The largest absolute Gasteiger partial charge is 0.493 e. The summed E-state index contributed by atoms with van der Waals surface area (Å²) in [5, 5.41) is 11.4. The van der Waals surface area contributed by atoms with E-state index in [0.717, 1.165) is 30.0 Å². The highest BCUT2D eigenvalue weighted by Gasteiger charge is 2.29. The normalized spacial score (nSPS) is 18.5. The van der Waals surface area contributed by atoms with E-state index in [4.69, 9.17) is 21.1 Å². The Morgan fingerprint density at radius 1 is 1.16 bits per heavy atom. The van der Waals surface area contributed by atoms with Crippen molar-refractivity contribution < 1.29 is 14.6 Å². The number of halogens is 1. The van der Waals surface area contributed by atoms with Gasteiger partial charge in [-0.2, -0.15) is 0 Å². The third-order valence-electron chi connectivity index (χ3n) is 4.97. The van der Waals surface area contributed by atoms with Gasteiger partial charge in [0, 0.05) is 17.6 Å². The van der Waals surface area contributed by atoms with Crippen molar-refractivity contribution in [1.82, 2.24) is 4.90 Å². The van der Waals surface area contributed by atoms with Crippen molar-refractivity contribution >= 4 is 11.6 Å². The highest BCUT2D eigenvalue weighted by Crippen LogP contribution is 2.40. The Balaban J connectivity index is 1.90. The smallest absolute Gasteiger partial charge is 0.161 e. The van der Waals surface area contributed by atoms with Crippen LogP contribution in [0.4, 0.5) is 0 Å². The summed E-state index contributed by atoms with van der Waals surface area (Å²) in [6.07, 6.45) is 1.02. The van der Waals surface area contributed by atoms with Crippen LogP contribution in [0.5, 0.6) is 11.5 Å². The molecular weight excluding hydrogens is 338 g/mol. The van der Waals surface area contributed by atoms with Gasteiger partial charge in [-0.15, -0.1) is 0 Å². The number of benzene rings is 2. The summed E-state index contributed by atoms with van der Waals surface area (Å²) in [6.45, 7) is 0.945. The Morgan fingerprint density at radius 2 is 1.80 bits per heavy atom. The number of aliphatic hydroxyl groups is 1. The molecular formula is C20H24ClNO3. The predicted molar refractivity (Wildman–Crippen MR) is 99.6 cm³/mol. The zero-order valence-electron chi connectivity index (χ0n) is 14.8. The standard InChI is InChI=1S/C20H24ClNO3/c1-22-9-8-14-10-19(24-2)20(25-3)11-16(14)17(22)12-18(23)13-4-6-15(21)7-5-13/h4-7,10-11,17-18,23H,8-9,12H2,1-3H3/t17-,18+/m1/s1. The molecule has 0 aromatic heterocycles. The van der Waals surface area contributed by atoms with Gasteiger partial charge in [-0.25, -0.2) is 0 Å². The van der Waals surface area contributed by atoms with Crippen molar-refractivity contribution in [3.63, 3.8) is 0 Å². The summed E-state index contributed by atoms with van der Waals surface area (Å²) in [7, 11) is 5.40. The average molecular weight is 362 g/mol. The van der Waals surface area contributed by atoms with E-state index in [1.165, 1.54) is 11.1 Å². The fourth-order valence-corrected chi connectivity index (χ4v) is 3.62. The molecule has 2 aromatic carbocycles. The van der Waals surface area contributed by atoms with E-state index in [9.17, 15) is 5.11 Å². The van der Waals surface area contributed by atoms with Crippen molar-refractivity contribution in [3.8, 4) is 11.5 Å². The summed E-state index contributed by atoms with van der Waals surface area (Å²) in [5.74, 6) is 1.48. The minimum Gasteiger partial charge on any atom is -0.493 e. The molecule has 2 aromatic rings. The molecule has 0 aliphatic carbocycles. The molecule has 0 bridgehead atoms. The van der Waals surface area contributed by atoms with E-state index in [0.29, 0.717) is 11.4 Å². The number of hydrogen-bond donors (Lipinski definition) is 1. The summed E-state index contributed by atoms with van der Waals surface area (Å²) in [4.78, 5) is 2.29. The molecule has 0 radical (unpaired) electrons. The lowest BCUT2D eigenvalue weighted by atomic mass is 9.88. The molecule has 134 valence electrons. The van der Waals surface area contributed by atoms with Crippen LogP contribution in [-0.4, -0.2) is 37.8 Å². The summed E-state index contributed by atoms with van der Waals surface area (Å²) in [6, 6.07) is 11.6. The number of fused-ring (bicyclic) bond motifs is 1. The van der Waals surface area contributed by atoms with Gasteiger partial charge < -0.3 is 14.6 Å². The molecule has 1 aliphatic heterocycles. The Bertz CT molecular complexity index is 732. The number of methoxy groups -OCH3 is 2. The van der Waals surface area contributed by atoms with Gasteiger partial charge >= 0.3 is 0 Å². The second-order valence-electron chi connectivity index (χ2n) is 6.46. The van der Waals surface area contributed by atoms with E-state index in [-0.39, 0.29) is 6.04 Å². The number of aliphatic hydroxyl groups excluding tert-OH is 1. The quantitative estimate of drug-likeness (QED) is 0.873. The predicted octanol–water partition coefficient (Wildman–Crippen LogP) is 4.01. The molecule has 1 heterocycles. The van der Waals surface area contributed by atoms with Crippen LogP contribution in [0.1, 0.15) is 35.3 Å². The van der Waals surface area contributed by atoms with Crippen LogP contribution >= 0.6 is 11.6 Å². The van der Waals surface area contributed by atoms with E-state index in [1.807, 2.05) is 30.3 Å². The van der Waals surface area contributed by atoms with Gasteiger partial charge in [-0.3, -0.25) is 4.90 Å². The van der Waals surface area contributed by atoms with Gasteiger partial charge in [0.1, 0.15) is 0 Å². The molecule has 1 N–H and O–H groups in total. The molecule has 0 saturated heterocycles. The van der Waals surface area contributed by atoms with Crippen LogP contribution in [0.2, 0.25) is 5.02 Å². The monoisotopic (exact) mass is 361 g/mol. The van der Waals surface area contributed by atoms with Gasteiger partial charge in [0.05, 0.1) is 20.3 Å². The van der Waals surface area contributed by atoms with E-state index >= 15 is 0 Å². The second-order valence-corrected chi connectivity index (χ2v) is 6.89. The van der Waals surface area contributed by atoms with Gasteiger partial charge in [0.25, 0.3) is 0 Å². The van der Waals surface area contributed by atoms with Gasteiger partial charge in [0.15, 0.2) is 11.5 Å². The lowest BCUT2D eigenvalue weighted by molar-refractivity contribution is 0.109. The maximum atomic E-state index is 10.7. The first-order valence-electron chi connectivity index (χ1n) is 8.42. The van der Waals surface area contributed by atoms with Crippen LogP contribution in [0.15, 0.2) is 36.4 Å². The van der Waals surface area contributed by atoms with E-state index in [1.54, 1.807) is 14.2 Å². The summed E-state index contributed by atoms with van der Waals surface area (Å²) in [5.41, 5.74) is 3.33. The molecule has 1 aliphatic rings.